The molecule has 0 aromatic heterocycles. The fourth-order valence-corrected chi connectivity index (χ4v) is 2.45. The van der Waals surface area contributed by atoms with Gasteiger partial charge in [0.05, 0.1) is 6.04 Å². The van der Waals surface area contributed by atoms with Crippen LogP contribution in [-0.4, -0.2) is 69.4 Å². The van der Waals surface area contributed by atoms with Crippen molar-refractivity contribution in [1.29, 1.82) is 0 Å². The lowest BCUT2D eigenvalue weighted by molar-refractivity contribution is -0.140. The van der Waals surface area contributed by atoms with Crippen LogP contribution in [0.5, 0.6) is 0 Å². The van der Waals surface area contributed by atoms with E-state index in [-0.39, 0.29) is 18.7 Å². The molecule has 0 bridgehead atoms. The Bertz CT molecular complexity index is 642. The van der Waals surface area contributed by atoms with Crippen molar-refractivity contribution in [3.8, 4) is 0 Å². The molecule has 158 valence electrons. The van der Waals surface area contributed by atoms with Crippen molar-refractivity contribution in [3.05, 3.63) is 24.3 Å². The SMILES string of the molecule is CC(C)(C)OC(=O)N1CC=C[C@H]1C(=O)O.C[C@@H]1C=CCN1C(=O)OC(C)(C)C. The van der Waals surface area contributed by atoms with Crippen molar-refractivity contribution in [3.63, 3.8) is 0 Å². The Balaban J connectivity index is 0.000000283. The van der Waals surface area contributed by atoms with Crippen LogP contribution in [0.4, 0.5) is 9.59 Å². The molecule has 0 radical (unpaired) electrons. The molecule has 0 aliphatic carbocycles. The number of hydrogen-bond acceptors (Lipinski definition) is 5. The fourth-order valence-electron chi connectivity index (χ4n) is 2.45. The zero-order valence-corrected chi connectivity index (χ0v) is 17.8. The number of hydrogen-bond donors (Lipinski definition) is 1. The second kappa shape index (κ2) is 9.12. The standard InChI is InChI=1S/C10H15NO4.C10H17NO2/c1-10(2,3)15-9(14)11-6-4-5-7(11)8(12)13;1-8-6-5-7-11(8)9(12)13-10(2,3)4/h4-5,7H,6H2,1-3H3,(H,12,13);5-6,8H,7H2,1-4H3/t7-;8-/m01/s1. The van der Waals surface area contributed by atoms with Crippen LogP contribution in [-0.2, 0) is 14.3 Å². The number of carbonyl (C=O) groups excluding carboxylic acids is 2. The van der Waals surface area contributed by atoms with Gasteiger partial charge in [0.25, 0.3) is 0 Å². The Kier molecular flexibility index (Phi) is 7.66. The minimum Gasteiger partial charge on any atom is -0.479 e. The van der Waals surface area contributed by atoms with Gasteiger partial charge in [0.1, 0.15) is 11.2 Å². The van der Waals surface area contributed by atoms with Crippen LogP contribution in [0.1, 0.15) is 48.5 Å². The third-order valence-electron chi connectivity index (χ3n) is 3.67. The van der Waals surface area contributed by atoms with E-state index in [2.05, 4.69) is 0 Å². The highest BCUT2D eigenvalue weighted by atomic mass is 16.6. The van der Waals surface area contributed by atoms with Crippen LogP contribution in [0.15, 0.2) is 24.3 Å². The first-order valence-corrected chi connectivity index (χ1v) is 9.26. The van der Waals surface area contributed by atoms with Gasteiger partial charge in [0, 0.05) is 13.1 Å². The van der Waals surface area contributed by atoms with Gasteiger partial charge < -0.3 is 14.6 Å². The minimum atomic E-state index is -1.05. The molecule has 0 spiro atoms. The highest BCUT2D eigenvalue weighted by molar-refractivity contribution is 5.83. The lowest BCUT2D eigenvalue weighted by Gasteiger charge is -2.26. The minimum absolute atomic E-state index is 0.162. The summed E-state index contributed by atoms with van der Waals surface area (Å²) in [6.07, 6.45) is 6.28. The molecular formula is C20H32N2O6. The summed E-state index contributed by atoms with van der Waals surface area (Å²) in [5, 5.41) is 8.83. The van der Waals surface area contributed by atoms with E-state index in [1.807, 2.05) is 39.8 Å². The third-order valence-corrected chi connectivity index (χ3v) is 3.67. The van der Waals surface area contributed by atoms with Crippen LogP contribution in [0.25, 0.3) is 0 Å². The Hall–Kier alpha value is -2.51. The zero-order valence-electron chi connectivity index (χ0n) is 17.8. The Labute approximate surface area is 166 Å². The van der Waals surface area contributed by atoms with Crippen molar-refractivity contribution < 1.29 is 29.0 Å². The first-order chi connectivity index (χ1) is 12.7. The van der Waals surface area contributed by atoms with Crippen LogP contribution in [0.2, 0.25) is 0 Å². The Morgan fingerprint density at radius 3 is 1.68 bits per heavy atom. The van der Waals surface area contributed by atoms with Crippen molar-refractivity contribution >= 4 is 18.2 Å². The molecule has 28 heavy (non-hydrogen) atoms. The average molecular weight is 396 g/mol. The number of carboxylic acids is 1. The topological polar surface area (TPSA) is 96.4 Å². The molecule has 0 aromatic rings. The summed E-state index contributed by atoms with van der Waals surface area (Å²) >= 11 is 0. The van der Waals surface area contributed by atoms with Gasteiger partial charge >= 0.3 is 18.2 Å². The van der Waals surface area contributed by atoms with Gasteiger partial charge in [0.15, 0.2) is 6.04 Å². The normalized spacial score (nSPS) is 21.2. The molecule has 2 atom stereocenters. The molecule has 0 aromatic carbocycles. The van der Waals surface area contributed by atoms with E-state index in [0.29, 0.717) is 6.54 Å². The monoisotopic (exact) mass is 396 g/mol. The summed E-state index contributed by atoms with van der Waals surface area (Å²) in [6, 6.07) is -0.741. The van der Waals surface area contributed by atoms with Crippen molar-refractivity contribution in [1.82, 2.24) is 9.80 Å². The molecular weight excluding hydrogens is 364 g/mol. The van der Waals surface area contributed by atoms with Crippen molar-refractivity contribution in [2.45, 2.75) is 71.8 Å². The van der Waals surface area contributed by atoms with Crippen LogP contribution < -0.4 is 0 Å². The summed E-state index contributed by atoms with van der Waals surface area (Å²) in [5.41, 5.74) is -1.01. The average Bonchev–Trinajstić information content (AvgIpc) is 3.12. The number of ether oxygens (including phenoxy) is 2. The van der Waals surface area contributed by atoms with Crippen LogP contribution in [0.3, 0.4) is 0 Å². The molecule has 0 saturated heterocycles. The molecule has 2 heterocycles. The molecule has 2 amide bonds. The van der Waals surface area contributed by atoms with E-state index in [4.69, 9.17) is 14.6 Å². The maximum atomic E-state index is 11.6. The largest absolute Gasteiger partial charge is 0.479 e. The first-order valence-electron chi connectivity index (χ1n) is 9.26. The van der Waals surface area contributed by atoms with Gasteiger partial charge in [-0.25, -0.2) is 14.4 Å². The van der Waals surface area contributed by atoms with E-state index < -0.39 is 29.3 Å². The quantitative estimate of drug-likeness (QED) is 0.682. The Morgan fingerprint density at radius 1 is 0.857 bits per heavy atom. The molecule has 8 nitrogen and oxygen atoms in total. The van der Waals surface area contributed by atoms with Gasteiger partial charge in [-0.1, -0.05) is 24.3 Å². The van der Waals surface area contributed by atoms with Crippen LogP contribution in [0, 0.1) is 0 Å². The summed E-state index contributed by atoms with van der Waals surface area (Å²) in [6.45, 7) is 13.8. The third kappa shape index (κ3) is 7.62. The summed E-state index contributed by atoms with van der Waals surface area (Å²) in [4.78, 5) is 36.8. The maximum Gasteiger partial charge on any atom is 0.411 e. The highest BCUT2D eigenvalue weighted by Gasteiger charge is 2.33. The summed E-state index contributed by atoms with van der Waals surface area (Å²) < 4.78 is 10.3. The molecule has 2 rings (SSSR count). The predicted molar refractivity (Wildman–Crippen MR) is 105 cm³/mol. The maximum absolute atomic E-state index is 11.6. The number of carbonyl (C=O) groups is 3. The van der Waals surface area contributed by atoms with Gasteiger partial charge in [-0.2, -0.15) is 0 Å². The highest BCUT2D eigenvalue weighted by Crippen LogP contribution is 2.16. The van der Waals surface area contributed by atoms with Gasteiger partial charge in [-0.15, -0.1) is 0 Å². The first kappa shape index (κ1) is 23.5. The van der Waals surface area contributed by atoms with E-state index in [9.17, 15) is 14.4 Å². The molecule has 1 N–H and O–H groups in total. The summed E-state index contributed by atoms with van der Waals surface area (Å²) in [7, 11) is 0. The van der Waals surface area contributed by atoms with Gasteiger partial charge in [-0.05, 0) is 48.5 Å². The van der Waals surface area contributed by atoms with E-state index in [1.165, 1.54) is 11.0 Å². The van der Waals surface area contributed by atoms with E-state index in [1.54, 1.807) is 31.7 Å². The van der Waals surface area contributed by atoms with Crippen LogP contribution >= 0.6 is 0 Å². The number of carboxylic acid groups (broad SMARTS) is 1. The van der Waals surface area contributed by atoms with Crippen molar-refractivity contribution in [2.24, 2.45) is 0 Å². The fraction of sp³-hybridized carbons (Fsp3) is 0.650. The number of nitrogens with zero attached hydrogens (tertiary/aromatic N) is 2. The van der Waals surface area contributed by atoms with Gasteiger partial charge in [0.2, 0.25) is 0 Å². The molecule has 0 saturated carbocycles. The Morgan fingerprint density at radius 2 is 1.29 bits per heavy atom. The number of rotatable bonds is 1. The number of aliphatic carboxylic acids is 1. The van der Waals surface area contributed by atoms with E-state index >= 15 is 0 Å². The lowest BCUT2D eigenvalue weighted by atomic mass is 10.2. The summed E-state index contributed by atoms with van der Waals surface area (Å²) in [5.74, 6) is -1.05. The number of amides is 2. The second-order valence-electron chi connectivity index (χ2n) is 8.65. The lowest BCUT2D eigenvalue weighted by Crippen LogP contribution is -2.43. The second-order valence-corrected chi connectivity index (χ2v) is 8.65. The molecule has 8 heteroatoms. The molecule has 0 unspecified atom stereocenters. The van der Waals surface area contributed by atoms with E-state index in [0.717, 1.165) is 0 Å². The smallest absolute Gasteiger partial charge is 0.411 e. The predicted octanol–water partition coefficient (Wildman–Crippen LogP) is 3.43. The molecule has 2 aliphatic heterocycles. The zero-order chi connectivity index (χ0) is 21.7. The molecule has 2 aliphatic rings. The molecule has 0 fully saturated rings. The van der Waals surface area contributed by atoms with Crippen molar-refractivity contribution in [2.75, 3.05) is 13.1 Å². The van der Waals surface area contributed by atoms with Gasteiger partial charge in [-0.3, -0.25) is 9.80 Å².